The zero-order valence-electron chi connectivity index (χ0n) is 16.7. The number of benzene rings is 2. The molecule has 0 saturated carbocycles. The second-order valence-corrected chi connectivity index (χ2v) is 7.01. The Bertz CT molecular complexity index is 978. The van der Waals surface area contributed by atoms with Crippen molar-refractivity contribution in [2.75, 3.05) is 17.2 Å². The van der Waals surface area contributed by atoms with Crippen LogP contribution in [0.2, 0.25) is 0 Å². The Labute approximate surface area is 173 Å². The molecule has 0 aliphatic carbocycles. The minimum Gasteiger partial charge on any atom is -0.374 e. The lowest BCUT2D eigenvalue weighted by atomic mass is 10.00. The maximum absolute atomic E-state index is 12.4. The molecule has 1 saturated heterocycles. The molecule has 1 aliphatic heterocycles. The fourth-order valence-electron chi connectivity index (χ4n) is 2.90. The molecule has 1 heterocycles. The number of hydrogen-bond acceptors (Lipinski definition) is 5. The van der Waals surface area contributed by atoms with E-state index in [1.54, 1.807) is 62.4 Å². The number of hydrogen-bond donors (Lipinski definition) is 4. The molecule has 1 atom stereocenters. The van der Waals surface area contributed by atoms with Crippen LogP contribution in [0.15, 0.2) is 54.6 Å². The molecule has 0 bridgehead atoms. The Balaban J connectivity index is 1.61. The van der Waals surface area contributed by atoms with Gasteiger partial charge in [0.05, 0.1) is 17.9 Å². The van der Waals surface area contributed by atoms with Gasteiger partial charge in [0.25, 0.3) is 17.7 Å². The van der Waals surface area contributed by atoms with Gasteiger partial charge in [-0.3, -0.25) is 19.8 Å². The lowest BCUT2D eigenvalue weighted by Crippen LogP contribution is -2.50. The molecule has 2 aromatic rings. The molecule has 2 aromatic carbocycles. The number of hydrazine groups is 1. The van der Waals surface area contributed by atoms with Crippen LogP contribution in [0.1, 0.15) is 30.6 Å². The van der Waals surface area contributed by atoms with E-state index in [0.29, 0.717) is 28.4 Å². The molecule has 3 rings (SSSR count). The third-order valence-electron chi connectivity index (χ3n) is 4.86. The molecule has 1 aliphatic rings. The van der Waals surface area contributed by atoms with Gasteiger partial charge in [0, 0.05) is 5.56 Å². The summed E-state index contributed by atoms with van der Waals surface area (Å²) in [5.74, 6) is -1.38. The SMILES string of the molecule is CCC1(C)NC(=O)N(NC(=O)CNc2ccccc2NC(=O)c2ccccc2)C1=O. The summed E-state index contributed by atoms with van der Waals surface area (Å²) in [6.07, 6.45) is 0.399. The van der Waals surface area contributed by atoms with E-state index in [-0.39, 0.29) is 12.5 Å². The third kappa shape index (κ3) is 4.40. The van der Waals surface area contributed by atoms with E-state index >= 15 is 0 Å². The molecular formula is C21H23N5O4. The highest BCUT2D eigenvalue weighted by molar-refractivity contribution is 6.08. The third-order valence-corrected chi connectivity index (χ3v) is 4.86. The van der Waals surface area contributed by atoms with Crippen LogP contribution >= 0.6 is 0 Å². The van der Waals surface area contributed by atoms with Crippen LogP contribution in [0.25, 0.3) is 0 Å². The van der Waals surface area contributed by atoms with Gasteiger partial charge in [0.15, 0.2) is 0 Å². The largest absolute Gasteiger partial charge is 0.374 e. The summed E-state index contributed by atoms with van der Waals surface area (Å²) in [4.78, 5) is 49.0. The molecule has 0 radical (unpaired) electrons. The van der Waals surface area contributed by atoms with Crippen LogP contribution < -0.4 is 21.4 Å². The van der Waals surface area contributed by atoms with E-state index < -0.39 is 23.4 Å². The summed E-state index contributed by atoms with van der Waals surface area (Å²) in [6, 6.07) is 15.0. The van der Waals surface area contributed by atoms with Gasteiger partial charge in [0.2, 0.25) is 0 Å². The van der Waals surface area contributed by atoms with Crippen molar-refractivity contribution in [3.05, 3.63) is 60.2 Å². The maximum atomic E-state index is 12.4. The number of nitrogens with zero attached hydrogens (tertiary/aromatic N) is 1. The van der Waals surface area contributed by atoms with Crippen LogP contribution in [0.5, 0.6) is 0 Å². The second kappa shape index (κ2) is 8.64. The average molecular weight is 409 g/mol. The van der Waals surface area contributed by atoms with Crippen molar-refractivity contribution in [3.8, 4) is 0 Å². The zero-order chi connectivity index (χ0) is 21.7. The highest BCUT2D eigenvalue weighted by Gasteiger charge is 2.47. The fraction of sp³-hybridized carbons (Fsp3) is 0.238. The Morgan fingerprint density at radius 2 is 1.63 bits per heavy atom. The first kappa shape index (κ1) is 20.8. The van der Waals surface area contributed by atoms with Gasteiger partial charge in [-0.2, -0.15) is 5.01 Å². The van der Waals surface area contributed by atoms with Crippen LogP contribution in [0.3, 0.4) is 0 Å². The predicted octanol–water partition coefficient (Wildman–Crippen LogP) is 2.10. The first-order valence-electron chi connectivity index (χ1n) is 9.49. The van der Waals surface area contributed by atoms with Crippen molar-refractivity contribution >= 4 is 35.1 Å². The number of carbonyl (C=O) groups excluding carboxylic acids is 4. The summed E-state index contributed by atoms with van der Waals surface area (Å²) < 4.78 is 0. The minimum absolute atomic E-state index is 0.210. The smallest absolute Gasteiger partial charge is 0.344 e. The van der Waals surface area contributed by atoms with Crippen molar-refractivity contribution < 1.29 is 19.2 Å². The molecular weight excluding hydrogens is 386 g/mol. The molecule has 4 N–H and O–H groups in total. The van der Waals surface area contributed by atoms with Gasteiger partial charge >= 0.3 is 6.03 Å². The molecule has 5 amide bonds. The summed E-state index contributed by atoms with van der Waals surface area (Å²) in [5.41, 5.74) is 2.79. The van der Waals surface area contributed by atoms with Crippen LogP contribution in [0, 0.1) is 0 Å². The molecule has 9 heteroatoms. The topological polar surface area (TPSA) is 120 Å². The van der Waals surface area contributed by atoms with Crippen LogP contribution in [0.4, 0.5) is 16.2 Å². The Morgan fingerprint density at radius 1 is 1.00 bits per heavy atom. The van der Waals surface area contributed by atoms with Gasteiger partial charge in [-0.1, -0.05) is 37.3 Å². The Hall–Kier alpha value is -3.88. The van der Waals surface area contributed by atoms with Gasteiger partial charge in [-0.25, -0.2) is 4.79 Å². The zero-order valence-corrected chi connectivity index (χ0v) is 16.7. The van der Waals surface area contributed by atoms with Gasteiger partial charge in [-0.05, 0) is 37.6 Å². The number of nitrogens with one attached hydrogen (secondary N) is 4. The lowest BCUT2D eigenvalue weighted by Gasteiger charge is -2.19. The van der Waals surface area contributed by atoms with Crippen LogP contribution in [-0.2, 0) is 9.59 Å². The van der Waals surface area contributed by atoms with Crippen molar-refractivity contribution in [1.82, 2.24) is 15.8 Å². The minimum atomic E-state index is -1.04. The van der Waals surface area contributed by atoms with Crippen molar-refractivity contribution in [2.24, 2.45) is 0 Å². The maximum Gasteiger partial charge on any atom is 0.344 e. The number of anilines is 2. The second-order valence-electron chi connectivity index (χ2n) is 7.01. The number of urea groups is 1. The summed E-state index contributed by atoms with van der Waals surface area (Å²) in [5, 5.41) is 8.96. The highest BCUT2D eigenvalue weighted by atomic mass is 16.2. The quantitative estimate of drug-likeness (QED) is 0.522. The summed E-state index contributed by atoms with van der Waals surface area (Å²) >= 11 is 0. The van der Waals surface area contributed by atoms with Gasteiger partial charge < -0.3 is 16.0 Å². The normalized spacial score (nSPS) is 18.0. The fourth-order valence-corrected chi connectivity index (χ4v) is 2.90. The van der Waals surface area contributed by atoms with E-state index in [1.807, 2.05) is 6.07 Å². The average Bonchev–Trinajstić information content (AvgIpc) is 2.97. The lowest BCUT2D eigenvalue weighted by molar-refractivity contribution is -0.138. The van der Waals surface area contributed by atoms with E-state index in [4.69, 9.17) is 0 Å². The first-order valence-corrected chi connectivity index (χ1v) is 9.49. The Morgan fingerprint density at radius 3 is 2.27 bits per heavy atom. The number of imide groups is 1. The van der Waals surface area contributed by atoms with Crippen molar-refractivity contribution in [3.63, 3.8) is 0 Å². The molecule has 9 nitrogen and oxygen atoms in total. The van der Waals surface area contributed by atoms with E-state index in [9.17, 15) is 19.2 Å². The van der Waals surface area contributed by atoms with Crippen LogP contribution in [-0.4, -0.2) is 40.8 Å². The van der Waals surface area contributed by atoms with Crippen molar-refractivity contribution in [2.45, 2.75) is 25.8 Å². The van der Waals surface area contributed by atoms with Gasteiger partial charge in [-0.15, -0.1) is 0 Å². The molecule has 0 spiro atoms. The number of carbonyl (C=O) groups is 4. The van der Waals surface area contributed by atoms with E-state index in [2.05, 4.69) is 21.4 Å². The van der Waals surface area contributed by atoms with E-state index in [0.717, 1.165) is 0 Å². The molecule has 156 valence electrons. The predicted molar refractivity (Wildman–Crippen MR) is 112 cm³/mol. The first-order chi connectivity index (χ1) is 14.3. The molecule has 0 aromatic heterocycles. The number of amides is 5. The highest BCUT2D eigenvalue weighted by Crippen LogP contribution is 2.22. The molecule has 1 fully saturated rings. The number of para-hydroxylation sites is 2. The standard InChI is InChI=1S/C21H23N5O4/c1-3-21(2)19(29)26(20(30)24-21)25-17(27)13-22-15-11-7-8-12-16(15)23-18(28)14-9-5-4-6-10-14/h4-12,22H,3,13H2,1-2H3,(H,23,28)(H,24,30)(H,25,27). The molecule has 1 unspecified atom stereocenters. The number of rotatable bonds is 7. The Kier molecular flexibility index (Phi) is 6.01. The van der Waals surface area contributed by atoms with Crippen molar-refractivity contribution in [1.29, 1.82) is 0 Å². The summed E-state index contributed by atoms with van der Waals surface area (Å²) in [6.45, 7) is 3.16. The monoisotopic (exact) mass is 409 g/mol. The van der Waals surface area contributed by atoms with Gasteiger partial charge in [0.1, 0.15) is 5.54 Å². The van der Waals surface area contributed by atoms with E-state index in [1.165, 1.54) is 0 Å². The molecule has 30 heavy (non-hydrogen) atoms. The summed E-state index contributed by atoms with van der Waals surface area (Å²) in [7, 11) is 0.